The zero-order valence-corrected chi connectivity index (χ0v) is 10.7. The normalized spacial score (nSPS) is 10.5. The van der Waals surface area contributed by atoms with Crippen LogP contribution in [0.4, 0.5) is 4.39 Å². The van der Waals surface area contributed by atoms with Crippen LogP contribution in [0.3, 0.4) is 0 Å². The molecule has 17 heavy (non-hydrogen) atoms. The molecule has 0 saturated carbocycles. The summed E-state index contributed by atoms with van der Waals surface area (Å²) < 4.78 is 15.9. The van der Waals surface area contributed by atoms with Crippen molar-refractivity contribution in [3.05, 3.63) is 52.3 Å². The molecule has 0 aliphatic carbocycles. The zero-order valence-electron chi connectivity index (χ0n) is 9.15. The Hall–Kier alpha value is -1.49. The molecule has 0 bridgehead atoms. The first-order chi connectivity index (χ1) is 8.13. The summed E-state index contributed by atoms with van der Waals surface area (Å²) in [5.74, 6) is -0.689. The molecule has 0 aliphatic rings. The van der Waals surface area contributed by atoms with Crippen LogP contribution >= 0.6 is 15.9 Å². The van der Waals surface area contributed by atoms with Gasteiger partial charge in [-0.2, -0.15) is 0 Å². The van der Waals surface area contributed by atoms with E-state index < -0.39 is 11.6 Å². The van der Waals surface area contributed by atoms with Crippen LogP contribution in [-0.4, -0.2) is 15.3 Å². The van der Waals surface area contributed by atoms with Gasteiger partial charge in [-0.1, -0.05) is 15.9 Å². The van der Waals surface area contributed by atoms with Crippen LogP contribution in [0.2, 0.25) is 0 Å². The van der Waals surface area contributed by atoms with Crippen LogP contribution in [0.25, 0.3) is 0 Å². The molecule has 88 valence electrons. The van der Waals surface area contributed by atoms with Gasteiger partial charge in [0.1, 0.15) is 5.82 Å². The Bertz CT molecular complexity index is 565. The topological polar surface area (TPSA) is 34.9 Å². The predicted octanol–water partition coefficient (Wildman–Crippen LogP) is 3.04. The summed E-state index contributed by atoms with van der Waals surface area (Å²) in [6, 6.07) is 4.36. The number of halogens is 2. The van der Waals surface area contributed by atoms with Gasteiger partial charge in [-0.3, -0.25) is 4.79 Å². The van der Waals surface area contributed by atoms with E-state index >= 15 is 0 Å². The maximum Gasteiger partial charge on any atom is 0.231 e. The lowest BCUT2D eigenvalue weighted by atomic mass is 10.1. The average molecular weight is 297 g/mol. The van der Waals surface area contributed by atoms with E-state index in [4.69, 9.17) is 0 Å². The number of ketones is 1. The fraction of sp³-hybridized carbons (Fsp3) is 0.167. The molecule has 0 atom stereocenters. The molecule has 0 fully saturated rings. The molecule has 2 aromatic rings. The van der Waals surface area contributed by atoms with Gasteiger partial charge in [0.2, 0.25) is 5.78 Å². The molecule has 0 saturated heterocycles. The number of aryl methyl sites for hydroxylation is 1. The van der Waals surface area contributed by atoms with E-state index in [0.29, 0.717) is 11.0 Å². The fourth-order valence-corrected chi connectivity index (χ4v) is 1.90. The van der Waals surface area contributed by atoms with Gasteiger partial charge in [-0.05, 0) is 25.1 Å². The predicted molar refractivity (Wildman–Crippen MR) is 65.4 cm³/mol. The second-order valence-corrected chi connectivity index (χ2v) is 4.41. The summed E-state index contributed by atoms with van der Waals surface area (Å²) >= 11 is 3.15. The standard InChI is InChI=1S/C12H10BrFN2O/c1-2-16-6-5-15-12(16)11(17)9-4-3-8(13)7-10(9)14/h3-7H,2H2,1H3. The minimum atomic E-state index is -0.546. The van der Waals surface area contributed by atoms with Crippen molar-refractivity contribution >= 4 is 21.7 Å². The molecular weight excluding hydrogens is 287 g/mol. The van der Waals surface area contributed by atoms with E-state index in [1.165, 1.54) is 18.3 Å². The van der Waals surface area contributed by atoms with Crippen molar-refractivity contribution in [1.29, 1.82) is 0 Å². The SMILES string of the molecule is CCn1ccnc1C(=O)c1ccc(Br)cc1F. The highest BCUT2D eigenvalue weighted by Crippen LogP contribution is 2.17. The van der Waals surface area contributed by atoms with Crippen molar-refractivity contribution in [3.8, 4) is 0 Å². The van der Waals surface area contributed by atoms with Crippen LogP contribution in [0.1, 0.15) is 23.1 Å². The molecule has 0 spiro atoms. The summed E-state index contributed by atoms with van der Waals surface area (Å²) in [4.78, 5) is 16.0. The lowest BCUT2D eigenvalue weighted by molar-refractivity contribution is 0.102. The second kappa shape index (κ2) is 4.79. The Kier molecular flexibility index (Phi) is 3.38. The third-order valence-corrected chi connectivity index (χ3v) is 2.93. The lowest BCUT2D eigenvalue weighted by Crippen LogP contribution is -2.12. The van der Waals surface area contributed by atoms with Crippen molar-refractivity contribution in [3.63, 3.8) is 0 Å². The van der Waals surface area contributed by atoms with Crippen LogP contribution < -0.4 is 0 Å². The monoisotopic (exact) mass is 296 g/mol. The number of benzene rings is 1. The summed E-state index contributed by atoms with van der Waals surface area (Å²) in [5.41, 5.74) is 0.0362. The average Bonchev–Trinajstić information content (AvgIpc) is 2.76. The third kappa shape index (κ3) is 2.29. The van der Waals surface area contributed by atoms with Gasteiger partial charge in [0, 0.05) is 23.4 Å². The number of nitrogens with zero attached hydrogens (tertiary/aromatic N) is 2. The minimum absolute atomic E-state index is 0.0362. The quantitative estimate of drug-likeness (QED) is 0.816. The molecule has 3 nitrogen and oxygen atoms in total. The maximum atomic E-state index is 13.6. The highest BCUT2D eigenvalue weighted by molar-refractivity contribution is 9.10. The van der Waals surface area contributed by atoms with E-state index in [0.717, 1.165) is 0 Å². The maximum absolute atomic E-state index is 13.6. The summed E-state index contributed by atoms with van der Waals surface area (Å²) in [7, 11) is 0. The van der Waals surface area contributed by atoms with Crippen molar-refractivity contribution < 1.29 is 9.18 Å². The van der Waals surface area contributed by atoms with Crippen molar-refractivity contribution in [2.24, 2.45) is 0 Å². The summed E-state index contributed by atoms with van der Waals surface area (Å²) in [6.45, 7) is 2.52. The van der Waals surface area contributed by atoms with Gasteiger partial charge < -0.3 is 4.57 Å². The molecule has 1 heterocycles. The highest BCUT2D eigenvalue weighted by Gasteiger charge is 2.18. The van der Waals surface area contributed by atoms with E-state index in [1.54, 1.807) is 16.8 Å². The van der Waals surface area contributed by atoms with Crippen LogP contribution in [0.15, 0.2) is 35.1 Å². The summed E-state index contributed by atoms with van der Waals surface area (Å²) in [5, 5.41) is 0. The van der Waals surface area contributed by atoms with Gasteiger partial charge in [0.05, 0.1) is 5.56 Å². The van der Waals surface area contributed by atoms with Crippen molar-refractivity contribution in [2.45, 2.75) is 13.5 Å². The molecule has 0 unspecified atom stereocenters. The smallest absolute Gasteiger partial charge is 0.231 e. The molecule has 1 aromatic heterocycles. The van der Waals surface area contributed by atoms with E-state index in [-0.39, 0.29) is 11.4 Å². The number of hydrogen-bond donors (Lipinski definition) is 0. The molecule has 1 aromatic carbocycles. The number of carbonyl (C=O) groups excluding carboxylic acids is 1. The van der Waals surface area contributed by atoms with E-state index in [1.807, 2.05) is 6.92 Å². The number of rotatable bonds is 3. The zero-order chi connectivity index (χ0) is 12.4. The highest BCUT2D eigenvalue weighted by atomic mass is 79.9. The largest absolute Gasteiger partial charge is 0.328 e. The molecule has 0 radical (unpaired) electrons. The molecular formula is C12H10BrFN2O. The second-order valence-electron chi connectivity index (χ2n) is 3.49. The van der Waals surface area contributed by atoms with Gasteiger partial charge in [0.25, 0.3) is 0 Å². The van der Waals surface area contributed by atoms with Crippen LogP contribution in [0, 0.1) is 5.82 Å². The number of hydrogen-bond acceptors (Lipinski definition) is 2. The Morgan fingerprint density at radius 1 is 1.53 bits per heavy atom. The summed E-state index contributed by atoms with van der Waals surface area (Å²) in [6.07, 6.45) is 3.23. The van der Waals surface area contributed by atoms with E-state index in [2.05, 4.69) is 20.9 Å². The Balaban J connectivity index is 2.44. The molecule has 0 N–H and O–H groups in total. The number of carbonyl (C=O) groups is 1. The van der Waals surface area contributed by atoms with Crippen LogP contribution in [-0.2, 0) is 6.54 Å². The number of aromatic nitrogens is 2. The fourth-order valence-electron chi connectivity index (χ4n) is 1.57. The first-order valence-electron chi connectivity index (χ1n) is 5.14. The molecule has 5 heteroatoms. The van der Waals surface area contributed by atoms with Crippen LogP contribution in [0.5, 0.6) is 0 Å². The van der Waals surface area contributed by atoms with Gasteiger partial charge in [-0.25, -0.2) is 9.37 Å². The Morgan fingerprint density at radius 3 is 2.94 bits per heavy atom. The van der Waals surface area contributed by atoms with Crippen molar-refractivity contribution in [2.75, 3.05) is 0 Å². The minimum Gasteiger partial charge on any atom is -0.328 e. The Morgan fingerprint density at radius 2 is 2.29 bits per heavy atom. The Labute approximate surface area is 106 Å². The first kappa shape index (κ1) is 12.0. The number of imidazole rings is 1. The van der Waals surface area contributed by atoms with Crippen molar-refractivity contribution in [1.82, 2.24) is 9.55 Å². The molecule has 0 aliphatic heterocycles. The lowest BCUT2D eigenvalue weighted by Gasteiger charge is -2.05. The van der Waals surface area contributed by atoms with Gasteiger partial charge in [-0.15, -0.1) is 0 Å². The first-order valence-corrected chi connectivity index (χ1v) is 5.93. The molecule has 2 rings (SSSR count). The molecule has 0 amide bonds. The van der Waals surface area contributed by atoms with Gasteiger partial charge >= 0.3 is 0 Å². The van der Waals surface area contributed by atoms with Gasteiger partial charge in [0.15, 0.2) is 5.82 Å². The third-order valence-electron chi connectivity index (χ3n) is 2.44. The van der Waals surface area contributed by atoms with E-state index in [9.17, 15) is 9.18 Å².